The summed E-state index contributed by atoms with van der Waals surface area (Å²) in [4.78, 5) is 23.5. The van der Waals surface area contributed by atoms with Gasteiger partial charge in [-0.2, -0.15) is 0 Å². The van der Waals surface area contributed by atoms with Crippen LogP contribution in [0.5, 0.6) is 0 Å². The first-order valence-electron chi connectivity index (χ1n) is 15.1. The number of nitrogens with zero attached hydrogens (tertiary/aromatic N) is 1. The van der Waals surface area contributed by atoms with Crippen LogP contribution in [0.25, 0.3) is 0 Å². The Bertz CT molecular complexity index is 484. The molecule has 0 aliphatic rings. The second-order valence-electron chi connectivity index (χ2n) is 10.6. The van der Waals surface area contributed by atoms with Gasteiger partial charge in [0.15, 0.2) is 0 Å². The van der Waals surface area contributed by atoms with Crippen LogP contribution in [0.15, 0.2) is 0 Å². The second kappa shape index (κ2) is 28.4. The van der Waals surface area contributed by atoms with Crippen molar-refractivity contribution < 1.29 is 19.8 Å². The summed E-state index contributed by atoms with van der Waals surface area (Å²) in [5, 5.41) is 18.9. The quantitative estimate of drug-likeness (QED) is 0.0908. The maximum atomic E-state index is 12.0. The molecule has 6 heteroatoms. The van der Waals surface area contributed by atoms with Crippen LogP contribution in [0.1, 0.15) is 156 Å². The maximum Gasteiger partial charge on any atom is 0.332 e. The van der Waals surface area contributed by atoms with E-state index in [9.17, 15) is 9.59 Å². The lowest BCUT2D eigenvalue weighted by Crippen LogP contribution is -2.44. The van der Waals surface area contributed by atoms with Gasteiger partial charge in [-0.05, 0) is 33.9 Å². The first-order valence-corrected chi connectivity index (χ1v) is 15.1. The number of carboxylic acids is 1. The number of carboxylic acid groups (broad SMARTS) is 1. The zero-order valence-corrected chi connectivity index (χ0v) is 24.7. The van der Waals surface area contributed by atoms with E-state index in [-0.39, 0.29) is 12.1 Å². The molecule has 0 bridgehead atoms. The lowest BCUT2D eigenvalue weighted by molar-refractivity contribution is -0.145. The Hall–Kier alpha value is -1.14. The minimum atomic E-state index is -1.23. The third-order valence-electron chi connectivity index (χ3n) is 6.70. The number of rotatable bonds is 24. The molecule has 0 aliphatic heterocycles. The molecule has 0 saturated carbocycles. The van der Waals surface area contributed by atoms with Crippen LogP contribution in [-0.4, -0.2) is 53.4 Å². The highest BCUT2D eigenvalue weighted by Crippen LogP contribution is 2.14. The zero-order chi connectivity index (χ0) is 27.4. The van der Waals surface area contributed by atoms with Crippen LogP contribution >= 0.6 is 0 Å². The Kier molecular flexibility index (Phi) is 29.2. The molecule has 2 atom stereocenters. The Balaban J connectivity index is 0. The highest BCUT2D eigenvalue weighted by molar-refractivity contribution is 5.76. The molecule has 0 spiro atoms. The molecule has 1 amide bonds. The van der Waals surface area contributed by atoms with Gasteiger partial charge < -0.3 is 15.5 Å². The smallest absolute Gasteiger partial charge is 0.332 e. The number of aliphatic hydroxyl groups excluding tert-OH is 1. The third kappa shape index (κ3) is 29.1. The van der Waals surface area contributed by atoms with E-state index in [1.165, 1.54) is 122 Å². The number of aliphatic hydroxyl groups is 1. The molecule has 0 saturated heterocycles. The van der Waals surface area contributed by atoms with E-state index in [1.807, 2.05) is 14.1 Å². The molecule has 216 valence electrons. The van der Waals surface area contributed by atoms with Crippen molar-refractivity contribution in [3.05, 3.63) is 0 Å². The number of amides is 1. The fourth-order valence-electron chi connectivity index (χ4n) is 4.22. The van der Waals surface area contributed by atoms with Gasteiger partial charge in [0.25, 0.3) is 0 Å². The topological polar surface area (TPSA) is 89.9 Å². The largest absolute Gasteiger partial charge is 0.479 e. The predicted molar refractivity (Wildman–Crippen MR) is 153 cm³/mol. The number of carbonyl (C=O) groups is 2. The summed E-state index contributed by atoms with van der Waals surface area (Å²) >= 11 is 0. The van der Waals surface area contributed by atoms with Crippen LogP contribution < -0.4 is 5.32 Å². The molecule has 6 nitrogen and oxygen atoms in total. The molecule has 2 unspecified atom stereocenters. The van der Waals surface area contributed by atoms with E-state index < -0.39 is 12.1 Å². The van der Waals surface area contributed by atoms with Crippen LogP contribution in [0.4, 0.5) is 0 Å². The van der Waals surface area contributed by atoms with E-state index >= 15 is 0 Å². The number of carbonyl (C=O) groups excluding carboxylic acids is 1. The summed E-state index contributed by atoms with van der Waals surface area (Å²) in [7, 11) is 4.04. The number of nitrogens with one attached hydrogen (secondary N) is 1. The lowest BCUT2D eigenvalue weighted by Gasteiger charge is -2.23. The van der Waals surface area contributed by atoms with Crippen molar-refractivity contribution in [3.8, 4) is 0 Å². The summed E-state index contributed by atoms with van der Waals surface area (Å²) in [5.41, 5.74) is 0. The fraction of sp³-hybridized carbons (Fsp3) is 0.933. The molecule has 36 heavy (non-hydrogen) atoms. The minimum absolute atomic E-state index is 0.179. The number of unbranched alkanes of at least 4 members (excludes halogenated alkanes) is 18. The Morgan fingerprint density at radius 3 is 1.22 bits per heavy atom. The highest BCUT2D eigenvalue weighted by Gasteiger charge is 2.11. The van der Waals surface area contributed by atoms with Crippen molar-refractivity contribution in [2.45, 2.75) is 168 Å². The summed E-state index contributed by atoms with van der Waals surface area (Å²) in [6.07, 6.45) is 27.0. The normalized spacial score (nSPS) is 12.6. The van der Waals surface area contributed by atoms with E-state index in [0.29, 0.717) is 6.42 Å². The number of hydrogen-bond donors (Lipinski definition) is 3. The predicted octanol–water partition coefficient (Wildman–Crippen LogP) is 7.67. The Morgan fingerprint density at radius 1 is 0.667 bits per heavy atom. The molecule has 0 aliphatic carbocycles. The first-order chi connectivity index (χ1) is 17.3. The van der Waals surface area contributed by atoms with Crippen molar-refractivity contribution in [2.24, 2.45) is 0 Å². The monoisotopic (exact) mass is 514 g/mol. The van der Waals surface area contributed by atoms with Crippen molar-refractivity contribution in [2.75, 3.05) is 14.1 Å². The van der Waals surface area contributed by atoms with E-state index in [1.54, 1.807) is 0 Å². The fourth-order valence-corrected chi connectivity index (χ4v) is 4.22. The Morgan fingerprint density at radius 2 is 0.972 bits per heavy atom. The second-order valence-corrected chi connectivity index (χ2v) is 10.6. The molecule has 0 aromatic carbocycles. The van der Waals surface area contributed by atoms with E-state index in [2.05, 4.69) is 24.1 Å². The molecule has 0 aromatic rings. The molecule has 3 N–H and O–H groups in total. The van der Waals surface area contributed by atoms with Gasteiger partial charge >= 0.3 is 5.97 Å². The average Bonchev–Trinajstić information content (AvgIpc) is 2.84. The lowest BCUT2D eigenvalue weighted by atomic mass is 10.0. The van der Waals surface area contributed by atoms with Gasteiger partial charge in [0, 0.05) is 6.42 Å². The van der Waals surface area contributed by atoms with Crippen LogP contribution in [0.3, 0.4) is 0 Å². The first kappa shape index (κ1) is 37.0. The molecular weight excluding hydrogens is 452 g/mol. The van der Waals surface area contributed by atoms with Crippen molar-refractivity contribution in [3.63, 3.8) is 0 Å². The number of aliphatic carboxylic acids is 1. The maximum absolute atomic E-state index is 12.0. The molecule has 0 fully saturated rings. The van der Waals surface area contributed by atoms with Crippen LogP contribution in [0.2, 0.25) is 0 Å². The summed E-state index contributed by atoms with van der Waals surface area (Å²) in [6.45, 7) is 5.60. The van der Waals surface area contributed by atoms with Crippen molar-refractivity contribution >= 4 is 11.9 Å². The van der Waals surface area contributed by atoms with Crippen molar-refractivity contribution in [1.29, 1.82) is 0 Å². The summed E-state index contributed by atoms with van der Waals surface area (Å²) in [6, 6.07) is 0. The molecule has 0 heterocycles. The van der Waals surface area contributed by atoms with Gasteiger partial charge in [0.05, 0.1) is 6.17 Å². The minimum Gasteiger partial charge on any atom is -0.479 e. The van der Waals surface area contributed by atoms with Crippen LogP contribution in [0, 0.1) is 0 Å². The molecular formula is C30H62N2O4. The van der Waals surface area contributed by atoms with E-state index in [4.69, 9.17) is 10.2 Å². The van der Waals surface area contributed by atoms with Gasteiger partial charge in [0.1, 0.15) is 6.10 Å². The van der Waals surface area contributed by atoms with Gasteiger partial charge in [-0.25, -0.2) is 4.79 Å². The highest BCUT2D eigenvalue weighted by atomic mass is 16.4. The van der Waals surface area contributed by atoms with Gasteiger partial charge in [0.2, 0.25) is 5.91 Å². The van der Waals surface area contributed by atoms with Gasteiger partial charge in [-0.1, -0.05) is 129 Å². The van der Waals surface area contributed by atoms with Crippen LogP contribution in [-0.2, 0) is 9.59 Å². The van der Waals surface area contributed by atoms with Crippen molar-refractivity contribution in [1.82, 2.24) is 10.2 Å². The number of hydrogen-bond acceptors (Lipinski definition) is 4. The third-order valence-corrected chi connectivity index (χ3v) is 6.70. The van der Waals surface area contributed by atoms with Gasteiger partial charge in [-0.15, -0.1) is 0 Å². The Labute approximate surface area is 224 Å². The van der Waals surface area contributed by atoms with Gasteiger partial charge in [-0.3, -0.25) is 9.69 Å². The average molecular weight is 515 g/mol. The standard InChI is InChI=1S/C27H56N2O.C3H6O3/c1-5-7-8-9-10-11-12-13-14-15-16-17-18-19-20-21-22-23-24-25-27(30)28-26(6-2)29(3)4;1-2(4)3(5)6/h26H,5-25H2,1-4H3,(H,28,30);2,4H,1H3,(H,5,6). The SMILES string of the molecule is CC(O)C(=O)O.CCCCCCCCCCCCCCCCCCCCCC(=O)NC(CC)N(C)C. The molecule has 0 rings (SSSR count). The van der Waals surface area contributed by atoms with E-state index in [0.717, 1.165) is 12.8 Å². The summed E-state index contributed by atoms with van der Waals surface area (Å²) in [5.74, 6) is -0.975. The molecule has 0 aromatic heterocycles. The molecule has 0 radical (unpaired) electrons. The zero-order valence-electron chi connectivity index (χ0n) is 24.7. The summed E-state index contributed by atoms with van der Waals surface area (Å²) < 4.78 is 0.